The van der Waals surface area contributed by atoms with E-state index < -0.39 is 10.2 Å². The van der Waals surface area contributed by atoms with Gasteiger partial charge in [0, 0.05) is 23.2 Å². The molecule has 9 heteroatoms. The van der Waals surface area contributed by atoms with Crippen molar-refractivity contribution in [2.24, 2.45) is 10.1 Å². The van der Waals surface area contributed by atoms with Crippen molar-refractivity contribution in [2.75, 3.05) is 11.4 Å². The Bertz CT molecular complexity index is 1160. The minimum absolute atomic E-state index is 0.132. The van der Waals surface area contributed by atoms with Crippen LogP contribution in [-0.4, -0.2) is 31.3 Å². The summed E-state index contributed by atoms with van der Waals surface area (Å²) >= 11 is 6.00. The van der Waals surface area contributed by atoms with Gasteiger partial charge in [0.1, 0.15) is 0 Å². The van der Waals surface area contributed by atoms with Crippen LogP contribution in [0.1, 0.15) is 5.69 Å². The maximum Gasteiger partial charge on any atom is 0.347 e. The lowest BCUT2D eigenvalue weighted by atomic mass is 10.0. The van der Waals surface area contributed by atoms with E-state index in [-0.39, 0.29) is 17.3 Å². The predicted molar refractivity (Wildman–Crippen MR) is 106 cm³/mol. The molecular weight excluding hydrogens is 386 g/mol. The molecule has 0 radical (unpaired) electrons. The molecule has 0 saturated heterocycles. The number of hydrogen-bond donors (Lipinski definition) is 1. The van der Waals surface area contributed by atoms with E-state index in [0.717, 1.165) is 15.4 Å². The van der Waals surface area contributed by atoms with Gasteiger partial charge in [0.25, 0.3) is 0 Å². The van der Waals surface area contributed by atoms with Crippen molar-refractivity contribution in [3.63, 3.8) is 0 Å². The van der Waals surface area contributed by atoms with Crippen LogP contribution in [0.5, 0.6) is 0 Å². The van der Waals surface area contributed by atoms with Gasteiger partial charge in [0.2, 0.25) is 0 Å². The smallest absolute Gasteiger partial charge is 0.347 e. The Morgan fingerprint density at radius 2 is 1.48 bits per heavy atom. The number of fused-ring (bicyclic) bond motifs is 1. The second kappa shape index (κ2) is 6.33. The summed E-state index contributed by atoms with van der Waals surface area (Å²) in [5.41, 5.74) is 8.75. The Labute approximate surface area is 161 Å². The second-order valence-electron chi connectivity index (χ2n) is 5.89. The van der Waals surface area contributed by atoms with Crippen LogP contribution in [0, 0.1) is 0 Å². The lowest BCUT2D eigenvalue weighted by Gasteiger charge is -2.24. The summed E-state index contributed by atoms with van der Waals surface area (Å²) in [5.74, 6) is -0.0532. The van der Waals surface area contributed by atoms with E-state index in [4.69, 9.17) is 17.3 Å². The molecule has 1 aliphatic rings. The summed E-state index contributed by atoms with van der Waals surface area (Å²) in [7, 11) is -2.57. The predicted octanol–water partition coefficient (Wildman–Crippen LogP) is 2.86. The van der Waals surface area contributed by atoms with Crippen LogP contribution in [0.4, 0.5) is 5.82 Å². The molecule has 0 amide bonds. The first-order chi connectivity index (χ1) is 12.9. The van der Waals surface area contributed by atoms with Crippen molar-refractivity contribution < 1.29 is 8.42 Å². The number of hydrogen-bond acceptors (Lipinski definition) is 5. The fourth-order valence-corrected chi connectivity index (χ4v) is 3.69. The molecule has 1 aliphatic heterocycles. The molecule has 3 aromatic rings. The maximum absolute atomic E-state index is 12.2. The molecule has 2 aromatic carbocycles. The fraction of sp³-hybridized carbons (Fsp3) is 0.0556. The third kappa shape index (κ3) is 3.02. The summed E-state index contributed by atoms with van der Waals surface area (Å²) in [6.45, 7) is 0. The highest BCUT2D eigenvalue weighted by molar-refractivity contribution is 7.91. The number of halogens is 1. The SMILES string of the molecule is CN1c2nc(-c3ccc(Cl)cc3)c(-c3ccccc3)nc2C(N)=NS1(=O)=O. The number of anilines is 1. The Hall–Kier alpha value is -2.97. The van der Waals surface area contributed by atoms with Crippen LogP contribution in [0.15, 0.2) is 59.0 Å². The Kier molecular flexibility index (Phi) is 4.09. The summed E-state index contributed by atoms with van der Waals surface area (Å²) < 4.78 is 28.9. The van der Waals surface area contributed by atoms with Crippen LogP contribution in [-0.2, 0) is 10.2 Å². The molecule has 0 bridgehead atoms. The number of rotatable bonds is 2. The van der Waals surface area contributed by atoms with Crippen molar-refractivity contribution in [1.29, 1.82) is 0 Å². The molecular formula is C18H14ClN5O2S. The molecule has 136 valence electrons. The van der Waals surface area contributed by atoms with Gasteiger partial charge >= 0.3 is 10.2 Å². The highest BCUT2D eigenvalue weighted by atomic mass is 35.5. The molecule has 2 N–H and O–H groups in total. The molecule has 2 heterocycles. The minimum Gasteiger partial charge on any atom is -0.381 e. The molecule has 27 heavy (non-hydrogen) atoms. The summed E-state index contributed by atoms with van der Waals surface area (Å²) in [6.07, 6.45) is 0. The van der Waals surface area contributed by atoms with E-state index in [2.05, 4.69) is 14.4 Å². The van der Waals surface area contributed by atoms with Crippen LogP contribution < -0.4 is 10.0 Å². The first-order valence-corrected chi connectivity index (χ1v) is 9.72. The summed E-state index contributed by atoms with van der Waals surface area (Å²) in [6, 6.07) is 16.5. The highest BCUT2D eigenvalue weighted by Crippen LogP contribution is 2.34. The first kappa shape index (κ1) is 17.4. The average molecular weight is 400 g/mol. The largest absolute Gasteiger partial charge is 0.381 e. The number of aromatic nitrogens is 2. The Morgan fingerprint density at radius 3 is 2.15 bits per heavy atom. The van der Waals surface area contributed by atoms with Gasteiger partial charge < -0.3 is 5.73 Å². The van der Waals surface area contributed by atoms with Crippen LogP contribution in [0.25, 0.3) is 22.5 Å². The molecule has 0 aliphatic carbocycles. The molecule has 0 atom stereocenters. The van der Waals surface area contributed by atoms with Gasteiger partial charge in [-0.3, -0.25) is 0 Å². The van der Waals surface area contributed by atoms with Crippen molar-refractivity contribution >= 4 is 33.5 Å². The number of benzene rings is 2. The molecule has 0 saturated carbocycles. The third-order valence-electron chi connectivity index (χ3n) is 4.14. The molecule has 1 aromatic heterocycles. The quantitative estimate of drug-likeness (QED) is 0.713. The lowest BCUT2D eigenvalue weighted by Crippen LogP contribution is -2.36. The third-order valence-corrected chi connectivity index (χ3v) is 5.69. The van der Waals surface area contributed by atoms with Gasteiger partial charge in [0.05, 0.1) is 11.4 Å². The minimum atomic E-state index is -3.93. The van der Waals surface area contributed by atoms with Gasteiger partial charge in [-0.05, 0) is 12.1 Å². The standard InChI is InChI=1S/C18H14ClN5O2S/c1-24-18-16(17(20)23-27(24,25)26)21-14(11-5-3-2-4-6-11)15(22-18)12-7-9-13(19)10-8-12/h2-10H,1H3,(H2,20,23). The van der Waals surface area contributed by atoms with E-state index in [9.17, 15) is 8.42 Å². The van der Waals surface area contributed by atoms with Gasteiger partial charge in [-0.1, -0.05) is 54.1 Å². The van der Waals surface area contributed by atoms with Crippen LogP contribution in [0.2, 0.25) is 5.02 Å². The van der Waals surface area contributed by atoms with Crippen molar-refractivity contribution in [3.05, 3.63) is 65.3 Å². The second-order valence-corrected chi connectivity index (χ2v) is 7.95. The van der Waals surface area contributed by atoms with E-state index >= 15 is 0 Å². The van der Waals surface area contributed by atoms with Gasteiger partial charge in [-0.25, -0.2) is 14.3 Å². The zero-order chi connectivity index (χ0) is 19.2. The summed E-state index contributed by atoms with van der Waals surface area (Å²) in [5, 5.41) is 0.585. The van der Waals surface area contributed by atoms with E-state index in [1.54, 1.807) is 24.3 Å². The topological polar surface area (TPSA) is 102 Å². The molecule has 0 fully saturated rings. The Balaban J connectivity index is 2.04. The van der Waals surface area contributed by atoms with Crippen molar-refractivity contribution in [1.82, 2.24) is 9.97 Å². The molecule has 0 spiro atoms. The van der Waals surface area contributed by atoms with Crippen LogP contribution >= 0.6 is 11.6 Å². The fourth-order valence-electron chi connectivity index (χ4n) is 2.76. The zero-order valence-corrected chi connectivity index (χ0v) is 15.7. The van der Waals surface area contributed by atoms with Gasteiger partial charge in [0.15, 0.2) is 17.3 Å². The summed E-state index contributed by atoms with van der Waals surface area (Å²) in [4.78, 5) is 9.22. The van der Waals surface area contributed by atoms with E-state index in [1.807, 2.05) is 30.3 Å². The molecule has 7 nitrogen and oxygen atoms in total. The normalized spacial score (nSPS) is 15.2. The van der Waals surface area contributed by atoms with Crippen molar-refractivity contribution in [2.45, 2.75) is 0 Å². The van der Waals surface area contributed by atoms with E-state index in [0.29, 0.717) is 16.4 Å². The number of amidine groups is 1. The lowest BCUT2D eigenvalue weighted by molar-refractivity contribution is 0.595. The number of nitrogens with two attached hydrogens (primary N) is 1. The zero-order valence-electron chi connectivity index (χ0n) is 14.2. The van der Waals surface area contributed by atoms with E-state index in [1.165, 1.54) is 7.05 Å². The van der Waals surface area contributed by atoms with Gasteiger partial charge in [-0.2, -0.15) is 8.42 Å². The van der Waals surface area contributed by atoms with Crippen molar-refractivity contribution in [3.8, 4) is 22.5 Å². The van der Waals surface area contributed by atoms with Gasteiger partial charge in [-0.15, -0.1) is 4.40 Å². The Morgan fingerprint density at radius 1 is 0.889 bits per heavy atom. The maximum atomic E-state index is 12.2. The van der Waals surface area contributed by atoms with Crippen LogP contribution in [0.3, 0.4) is 0 Å². The molecule has 4 rings (SSSR count). The first-order valence-electron chi connectivity index (χ1n) is 7.95. The number of nitrogens with zero attached hydrogens (tertiary/aromatic N) is 4. The average Bonchev–Trinajstić information content (AvgIpc) is 2.66. The molecule has 0 unspecified atom stereocenters. The highest BCUT2D eigenvalue weighted by Gasteiger charge is 2.31. The monoisotopic (exact) mass is 399 g/mol.